The van der Waals surface area contributed by atoms with Crippen LogP contribution in [0, 0.1) is 0 Å². The van der Waals surface area contributed by atoms with E-state index >= 15 is 0 Å². The van der Waals surface area contributed by atoms with E-state index in [-0.39, 0.29) is 16.0 Å². The Labute approximate surface area is 124 Å². The molecule has 1 aromatic heterocycles. The molecule has 7 heteroatoms. The average Bonchev–Trinajstić information content (AvgIpc) is 2.77. The first-order valence-electron chi connectivity index (χ1n) is 6.43. The maximum atomic E-state index is 12.2. The van der Waals surface area contributed by atoms with Gasteiger partial charge in [0, 0.05) is 4.88 Å². The number of hydrogen-bond acceptors (Lipinski definition) is 4. The fraction of sp³-hybridized carbons (Fsp3) is 0.615. The van der Waals surface area contributed by atoms with Gasteiger partial charge in [0.25, 0.3) is 10.0 Å². The van der Waals surface area contributed by atoms with Crippen molar-refractivity contribution >= 4 is 27.3 Å². The molecule has 2 N–H and O–H groups in total. The van der Waals surface area contributed by atoms with Gasteiger partial charge in [0.2, 0.25) is 0 Å². The number of nitrogens with one attached hydrogen (secondary N) is 1. The van der Waals surface area contributed by atoms with Crippen LogP contribution in [0.15, 0.2) is 16.3 Å². The molecule has 0 aliphatic carbocycles. The molecule has 1 heterocycles. The lowest BCUT2D eigenvalue weighted by Crippen LogP contribution is -2.40. The zero-order valence-electron chi connectivity index (χ0n) is 12.1. The lowest BCUT2D eigenvalue weighted by Gasteiger charge is -2.15. The van der Waals surface area contributed by atoms with Crippen LogP contribution in [0.25, 0.3) is 0 Å². The van der Waals surface area contributed by atoms with Gasteiger partial charge in [-0.05, 0) is 24.0 Å². The molecule has 0 fully saturated rings. The Morgan fingerprint density at radius 2 is 2.00 bits per heavy atom. The second-order valence-electron chi connectivity index (χ2n) is 5.67. The minimum atomic E-state index is -3.78. The van der Waals surface area contributed by atoms with Crippen molar-refractivity contribution in [2.45, 2.75) is 56.2 Å². The quantitative estimate of drug-likeness (QED) is 0.844. The number of thiophene rings is 1. The first-order valence-corrected chi connectivity index (χ1v) is 8.73. The molecule has 0 bridgehead atoms. The van der Waals surface area contributed by atoms with Crippen molar-refractivity contribution in [2.24, 2.45) is 0 Å². The summed E-state index contributed by atoms with van der Waals surface area (Å²) in [4.78, 5) is 12.0. The fourth-order valence-electron chi connectivity index (χ4n) is 1.63. The van der Waals surface area contributed by atoms with Crippen molar-refractivity contribution in [3.05, 3.63) is 17.0 Å². The van der Waals surface area contributed by atoms with Gasteiger partial charge in [0.1, 0.15) is 10.3 Å². The van der Waals surface area contributed by atoms with Crippen LogP contribution in [0.5, 0.6) is 0 Å². The Morgan fingerprint density at radius 3 is 2.40 bits per heavy atom. The minimum Gasteiger partial charge on any atom is -0.480 e. The highest BCUT2D eigenvalue weighted by atomic mass is 32.2. The molecule has 0 radical (unpaired) electrons. The molecule has 0 aliphatic heterocycles. The Bertz CT molecular complexity index is 569. The molecule has 0 saturated carbocycles. The van der Waals surface area contributed by atoms with Crippen molar-refractivity contribution in [1.82, 2.24) is 4.72 Å². The first-order chi connectivity index (χ1) is 9.08. The van der Waals surface area contributed by atoms with Gasteiger partial charge in [0.05, 0.1) is 0 Å². The van der Waals surface area contributed by atoms with Gasteiger partial charge >= 0.3 is 5.97 Å². The van der Waals surface area contributed by atoms with Crippen molar-refractivity contribution in [3.8, 4) is 0 Å². The van der Waals surface area contributed by atoms with Crippen LogP contribution in [-0.2, 0) is 20.2 Å². The normalized spacial score (nSPS) is 14.2. The summed E-state index contributed by atoms with van der Waals surface area (Å²) < 4.78 is 26.8. The topological polar surface area (TPSA) is 83.5 Å². The second-order valence-corrected chi connectivity index (χ2v) is 8.69. The van der Waals surface area contributed by atoms with E-state index in [1.807, 2.05) is 27.7 Å². The Hall–Kier alpha value is -0.920. The molecule has 0 aliphatic rings. The SMILES string of the molecule is CCCC(NS(=O)(=O)c1ccc(C(C)(C)C)s1)C(=O)O. The molecule has 0 spiro atoms. The molecule has 114 valence electrons. The van der Waals surface area contributed by atoms with Gasteiger partial charge < -0.3 is 5.11 Å². The van der Waals surface area contributed by atoms with Crippen LogP contribution in [0.2, 0.25) is 0 Å². The van der Waals surface area contributed by atoms with Crippen molar-refractivity contribution < 1.29 is 18.3 Å². The lowest BCUT2D eigenvalue weighted by molar-refractivity contribution is -0.139. The molecule has 0 aromatic carbocycles. The number of carboxylic acids is 1. The standard InChI is InChI=1S/C13H21NO4S2/c1-5-6-9(12(15)16)14-20(17,18)11-8-7-10(19-11)13(2,3)4/h7-9,14H,5-6H2,1-4H3,(H,15,16). The molecule has 1 rings (SSSR count). The largest absolute Gasteiger partial charge is 0.480 e. The third-order valence-electron chi connectivity index (χ3n) is 2.76. The zero-order chi connectivity index (χ0) is 15.6. The van der Waals surface area contributed by atoms with E-state index < -0.39 is 22.0 Å². The van der Waals surface area contributed by atoms with E-state index in [0.29, 0.717) is 6.42 Å². The molecule has 0 amide bonds. The summed E-state index contributed by atoms with van der Waals surface area (Å²) in [5, 5.41) is 9.03. The van der Waals surface area contributed by atoms with Crippen LogP contribution < -0.4 is 4.72 Å². The Balaban J connectivity index is 2.99. The van der Waals surface area contributed by atoms with Gasteiger partial charge in [-0.25, -0.2) is 8.42 Å². The van der Waals surface area contributed by atoms with E-state index in [9.17, 15) is 13.2 Å². The van der Waals surface area contributed by atoms with Crippen LogP contribution in [0.1, 0.15) is 45.4 Å². The van der Waals surface area contributed by atoms with Crippen LogP contribution in [0.3, 0.4) is 0 Å². The summed E-state index contributed by atoms with van der Waals surface area (Å²) in [6.07, 6.45) is 0.864. The summed E-state index contributed by atoms with van der Waals surface area (Å²) in [7, 11) is -3.78. The molecule has 5 nitrogen and oxygen atoms in total. The Kier molecular flexibility index (Phi) is 5.34. The van der Waals surface area contributed by atoms with Crippen LogP contribution >= 0.6 is 11.3 Å². The molecule has 1 aromatic rings. The molecule has 0 saturated heterocycles. The van der Waals surface area contributed by atoms with Gasteiger partial charge in [-0.15, -0.1) is 11.3 Å². The number of carbonyl (C=O) groups is 1. The fourth-order valence-corrected chi connectivity index (χ4v) is 4.24. The van der Waals surface area contributed by atoms with E-state index in [4.69, 9.17) is 5.11 Å². The minimum absolute atomic E-state index is 0.131. The predicted molar refractivity (Wildman–Crippen MR) is 79.7 cm³/mol. The number of rotatable bonds is 6. The van der Waals surface area contributed by atoms with E-state index in [0.717, 1.165) is 4.88 Å². The van der Waals surface area contributed by atoms with Gasteiger partial charge in [-0.1, -0.05) is 34.1 Å². The summed E-state index contributed by atoms with van der Waals surface area (Å²) in [5.41, 5.74) is -0.131. The van der Waals surface area contributed by atoms with Crippen molar-refractivity contribution in [1.29, 1.82) is 0 Å². The highest BCUT2D eigenvalue weighted by Gasteiger charge is 2.27. The number of carboxylic acid groups (broad SMARTS) is 1. The van der Waals surface area contributed by atoms with E-state index in [2.05, 4.69) is 4.72 Å². The highest BCUT2D eigenvalue weighted by molar-refractivity contribution is 7.91. The Morgan fingerprint density at radius 1 is 1.40 bits per heavy atom. The molecular weight excluding hydrogens is 298 g/mol. The highest BCUT2D eigenvalue weighted by Crippen LogP contribution is 2.31. The third kappa shape index (κ3) is 4.29. The number of aliphatic carboxylic acids is 1. The summed E-state index contributed by atoms with van der Waals surface area (Å²) in [5.74, 6) is -1.15. The van der Waals surface area contributed by atoms with Crippen molar-refractivity contribution in [3.63, 3.8) is 0 Å². The smallest absolute Gasteiger partial charge is 0.321 e. The number of sulfonamides is 1. The maximum Gasteiger partial charge on any atom is 0.321 e. The molecular formula is C13H21NO4S2. The van der Waals surface area contributed by atoms with Gasteiger partial charge in [-0.3, -0.25) is 4.79 Å². The molecule has 1 unspecified atom stereocenters. The summed E-state index contributed by atoms with van der Waals surface area (Å²) in [6.45, 7) is 7.81. The monoisotopic (exact) mass is 319 g/mol. The average molecular weight is 319 g/mol. The number of hydrogen-bond donors (Lipinski definition) is 2. The summed E-state index contributed by atoms with van der Waals surface area (Å²) >= 11 is 1.18. The van der Waals surface area contributed by atoms with E-state index in [1.165, 1.54) is 17.4 Å². The molecule has 20 heavy (non-hydrogen) atoms. The van der Waals surface area contributed by atoms with E-state index in [1.54, 1.807) is 6.07 Å². The summed E-state index contributed by atoms with van der Waals surface area (Å²) in [6, 6.07) is 2.22. The molecule has 1 atom stereocenters. The van der Waals surface area contributed by atoms with Crippen molar-refractivity contribution in [2.75, 3.05) is 0 Å². The lowest BCUT2D eigenvalue weighted by atomic mass is 9.95. The second kappa shape index (κ2) is 6.24. The van der Waals surface area contributed by atoms with Gasteiger partial charge in [-0.2, -0.15) is 4.72 Å². The van der Waals surface area contributed by atoms with Crippen LogP contribution in [-0.4, -0.2) is 25.5 Å². The van der Waals surface area contributed by atoms with Crippen LogP contribution in [0.4, 0.5) is 0 Å². The third-order valence-corrected chi connectivity index (χ3v) is 6.23. The zero-order valence-corrected chi connectivity index (χ0v) is 13.8. The van der Waals surface area contributed by atoms with Gasteiger partial charge in [0.15, 0.2) is 0 Å². The first kappa shape index (κ1) is 17.1. The maximum absolute atomic E-state index is 12.2. The predicted octanol–water partition coefficient (Wildman–Crippen LogP) is 2.58.